The van der Waals surface area contributed by atoms with Crippen LogP contribution in [0.25, 0.3) is 28.9 Å². The van der Waals surface area contributed by atoms with Crippen LogP contribution in [0.2, 0.25) is 5.02 Å². The molecule has 0 aliphatic carbocycles. The van der Waals surface area contributed by atoms with E-state index in [1.54, 1.807) is 6.20 Å². The van der Waals surface area contributed by atoms with Gasteiger partial charge in [0.1, 0.15) is 0 Å². The molecule has 0 aliphatic rings. The highest BCUT2D eigenvalue weighted by molar-refractivity contribution is 6.30. The van der Waals surface area contributed by atoms with Gasteiger partial charge < -0.3 is 4.57 Å². The molecule has 128 valence electrons. The third-order valence-corrected chi connectivity index (χ3v) is 4.71. The molecule has 0 amide bonds. The highest BCUT2D eigenvalue weighted by Crippen LogP contribution is 2.23. The Morgan fingerprint density at radius 2 is 1.65 bits per heavy atom. The molecule has 4 rings (SSSR count). The van der Waals surface area contributed by atoms with Crippen LogP contribution in [0.1, 0.15) is 22.6 Å². The first-order valence-electron chi connectivity index (χ1n) is 8.46. The summed E-state index contributed by atoms with van der Waals surface area (Å²) in [6.07, 6.45) is 5.90. The fraction of sp³-hybridized carbons (Fsp3) is 0.0909. The highest BCUT2D eigenvalue weighted by atomic mass is 35.5. The van der Waals surface area contributed by atoms with Crippen molar-refractivity contribution in [2.45, 2.75) is 13.8 Å². The van der Waals surface area contributed by atoms with Crippen LogP contribution in [-0.2, 0) is 0 Å². The van der Waals surface area contributed by atoms with E-state index >= 15 is 0 Å². The van der Waals surface area contributed by atoms with Gasteiger partial charge in [-0.05, 0) is 68.0 Å². The van der Waals surface area contributed by atoms with E-state index in [2.05, 4.69) is 40.5 Å². The van der Waals surface area contributed by atoms with Crippen molar-refractivity contribution in [3.8, 4) is 5.69 Å². The molecule has 0 saturated carbocycles. The number of halogens is 1. The predicted molar refractivity (Wildman–Crippen MR) is 109 cm³/mol. The van der Waals surface area contributed by atoms with E-state index in [1.807, 2.05) is 54.6 Å². The number of aryl methyl sites for hydroxylation is 1. The van der Waals surface area contributed by atoms with Crippen molar-refractivity contribution in [1.82, 2.24) is 14.5 Å². The Labute approximate surface area is 157 Å². The zero-order valence-corrected chi connectivity index (χ0v) is 15.4. The Morgan fingerprint density at radius 3 is 2.42 bits per heavy atom. The molecule has 4 aromatic rings. The van der Waals surface area contributed by atoms with Crippen molar-refractivity contribution in [2.24, 2.45) is 0 Å². The average Bonchev–Trinajstić information content (AvgIpc) is 2.94. The molecule has 0 fully saturated rings. The summed E-state index contributed by atoms with van der Waals surface area (Å²) in [4.78, 5) is 9.11. The number of benzene rings is 2. The number of aromatic nitrogens is 3. The van der Waals surface area contributed by atoms with E-state index in [4.69, 9.17) is 11.6 Å². The quantitative estimate of drug-likeness (QED) is 0.458. The molecule has 2 aromatic heterocycles. The Hall–Kier alpha value is -2.91. The fourth-order valence-corrected chi connectivity index (χ4v) is 3.30. The van der Waals surface area contributed by atoms with Crippen LogP contribution in [0.5, 0.6) is 0 Å². The summed E-state index contributed by atoms with van der Waals surface area (Å²) in [5.74, 6) is 0. The molecule has 0 saturated heterocycles. The molecular weight excluding hydrogens is 342 g/mol. The van der Waals surface area contributed by atoms with Crippen molar-refractivity contribution >= 4 is 34.8 Å². The SMILES string of the molecule is Cc1cc(/C=C/c2cnc3ccccc3n2)c(C)n1-c1ccc(Cl)cc1. The van der Waals surface area contributed by atoms with Gasteiger partial charge in [0, 0.05) is 22.1 Å². The van der Waals surface area contributed by atoms with Gasteiger partial charge in [-0.3, -0.25) is 4.98 Å². The minimum atomic E-state index is 0.742. The second kappa shape index (κ2) is 6.77. The zero-order chi connectivity index (χ0) is 18.1. The molecule has 0 N–H and O–H groups in total. The number of hydrogen-bond acceptors (Lipinski definition) is 2. The second-order valence-corrected chi connectivity index (χ2v) is 6.69. The number of nitrogens with zero attached hydrogens (tertiary/aromatic N) is 3. The van der Waals surface area contributed by atoms with Crippen LogP contribution in [0.3, 0.4) is 0 Å². The van der Waals surface area contributed by atoms with Crippen molar-refractivity contribution in [3.63, 3.8) is 0 Å². The molecule has 0 radical (unpaired) electrons. The smallest absolute Gasteiger partial charge is 0.0894 e. The summed E-state index contributed by atoms with van der Waals surface area (Å²) in [6, 6.07) is 18.0. The van der Waals surface area contributed by atoms with Crippen LogP contribution >= 0.6 is 11.6 Å². The Morgan fingerprint density at radius 1 is 0.923 bits per heavy atom. The standard InChI is InChI=1S/C22H18ClN3/c1-15-13-17(16(2)26(15)20-11-8-18(23)9-12-20)7-10-19-14-24-21-5-3-4-6-22(21)25-19/h3-14H,1-2H3/b10-7+. The molecular formula is C22H18ClN3. The molecule has 0 aliphatic heterocycles. The third kappa shape index (κ3) is 3.14. The lowest BCUT2D eigenvalue weighted by Crippen LogP contribution is -1.98. The normalized spacial score (nSPS) is 11.5. The number of fused-ring (bicyclic) bond motifs is 1. The number of para-hydroxylation sites is 2. The minimum Gasteiger partial charge on any atom is -0.318 e. The first kappa shape index (κ1) is 16.6. The van der Waals surface area contributed by atoms with Crippen LogP contribution in [0.15, 0.2) is 60.8 Å². The maximum atomic E-state index is 6.01. The molecule has 0 bridgehead atoms. The fourth-order valence-electron chi connectivity index (χ4n) is 3.17. The molecule has 2 heterocycles. The molecule has 26 heavy (non-hydrogen) atoms. The monoisotopic (exact) mass is 359 g/mol. The van der Waals surface area contributed by atoms with Crippen molar-refractivity contribution in [1.29, 1.82) is 0 Å². The summed E-state index contributed by atoms with van der Waals surface area (Å²) in [6.45, 7) is 4.22. The minimum absolute atomic E-state index is 0.742. The first-order chi connectivity index (χ1) is 12.6. The van der Waals surface area contributed by atoms with Gasteiger partial charge in [0.05, 0.1) is 22.9 Å². The van der Waals surface area contributed by atoms with E-state index in [0.29, 0.717) is 0 Å². The third-order valence-electron chi connectivity index (χ3n) is 4.46. The molecule has 2 aromatic carbocycles. The zero-order valence-electron chi connectivity index (χ0n) is 14.6. The van der Waals surface area contributed by atoms with Gasteiger partial charge in [-0.25, -0.2) is 4.98 Å². The van der Waals surface area contributed by atoms with Gasteiger partial charge in [0.15, 0.2) is 0 Å². The Kier molecular flexibility index (Phi) is 4.31. The average molecular weight is 360 g/mol. The summed E-state index contributed by atoms with van der Waals surface area (Å²) >= 11 is 6.01. The van der Waals surface area contributed by atoms with Gasteiger partial charge in [-0.15, -0.1) is 0 Å². The van der Waals surface area contributed by atoms with Gasteiger partial charge in [-0.1, -0.05) is 29.8 Å². The van der Waals surface area contributed by atoms with Crippen LogP contribution in [-0.4, -0.2) is 14.5 Å². The van der Waals surface area contributed by atoms with Crippen molar-refractivity contribution in [3.05, 3.63) is 88.5 Å². The van der Waals surface area contributed by atoms with Gasteiger partial charge >= 0.3 is 0 Å². The molecule has 4 heteroatoms. The lowest BCUT2D eigenvalue weighted by molar-refractivity contribution is 0.965. The van der Waals surface area contributed by atoms with E-state index in [1.165, 1.54) is 11.4 Å². The molecule has 0 unspecified atom stereocenters. The number of rotatable bonds is 3. The van der Waals surface area contributed by atoms with E-state index in [-0.39, 0.29) is 0 Å². The molecule has 0 spiro atoms. The summed E-state index contributed by atoms with van der Waals surface area (Å²) in [7, 11) is 0. The van der Waals surface area contributed by atoms with Crippen molar-refractivity contribution < 1.29 is 0 Å². The lowest BCUT2D eigenvalue weighted by atomic mass is 10.2. The summed E-state index contributed by atoms with van der Waals surface area (Å²) in [5, 5.41) is 0.742. The van der Waals surface area contributed by atoms with Gasteiger partial charge in [0.25, 0.3) is 0 Å². The molecule has 3 nitrogen and oxygen atoms in total. The summed E-state index contributed by atoms with van der Waals surface area (Å²) < 4.78 is 2.22. The topological polar surface area (TPSA) is 30.7 Å². The predicted octanol–water partition coefficient (Wildman–Crippen LogP) is 5.86. The maximum Gasteiger partial charge on any atom is 0.0894 e. The van der Waals surface area contributed by atoms with Crippen LogP contribution in [0, 0.1) is 13.8 Å². The molecule has 0 atom stereocenters. The Bertz CT molecular complexity index is 1110. The van der Waals surface area contributed by atoms with E-state index in [0.717, 1.165) is 33.0 Å². The lowest BCUT2D eigenvalue weighted by Gasteiger charge is -2.09. The Balaban J connectivity index is 1.68. The largest absolute Gasteiger partial charge is 0.318 e. The van der Waals surface area contributed by atoms with Crippen LogP contribution in [0.4, 0.5) is 0 Å². The maximum absolute atomic E-state index is 6.01. The second-order valence-electron chi connectivity index (χ2n) is 6.26. The van der Waals surface area contributed by atoms with Crippen molar-refractivity contribution in [2.75, 3.05) is 0 Å². The van der Waals surface area contributed by atoms with E-state index in [9.17, 15) is 0 Å². The van der Waals surface area contributed by atoms with Gasteiger partial charge in [0.2, 0.25) is 0 Å². The summed E-state index contributed by atoms with van der Waals surface area (Å²) in [5.41, 5.74) is 7.28. The van der Waals surface area contributed by atoms with E-state index < -0.39 is 0 Å². The first-order valence-corrected chi connectivity index (χ1v) is 8.84. The highest BCUT2D eigenvalue weighted by Gasteiger charge is 2.09. The van der Waals surface area contributed by atoms with Gasteiger partial charge in [-0.2, -0.15) is 0 Å². The number of hydrogen-bond donors (Lipinski definition) is 0. The van der Waals surface area contributed by atoms with Crippen LogP contribution < -0.4 is 0 Å².